The van der Waals surface area contributed by atoms with Gasteiger partial charge in [0.15, 0.2) is 0 Å². The van der Waals surface area contributed by atoms with Gasteiger partial charge >= 0.3 is 0 Å². The number of rotatable bonds is 5. The molecule has 4 rings (SSSR count). The maximum Gasteiger partial charge on any atom is 0.224 e. The Morgan fingerprint density at radius 1 is 1.18 bits per heavy atom. The van der Waals surface area contributed by atoms with Crippen molar-refractivity contribution in [3.8, 4) is 11.4 Å². The fourth-order valence-corrected chi connectivity index (χ4v) is 3.21. The lowest BCUT2D eigenvalue weighted by atomic mass is 10.1. The molecule has 0 aliphatic heterocycles. The summed E-state index contributed by atoms with van der Waals surface area (Å²) in [5, 5.41) is 7.54. The average Bonchev–Trinajstić information content (AvgIpc) is 3.25. The number of halogens is 1. The minimum atomic E-state index is -0.316. The Balaban J connectivity index is 1.41. The molecule has 142 valence electrons. The van der Waals surface area contributed by atoms with E-state index in [1.54, 1.807) is 13.0 Å². The van der Waals surface area contributed by atoms with Gasteiger partial charge in [-0.2, -0.15) is 4.98 Å². The van der Waals surface area contributed by atoms with Crippen LogP contribution in [0.5, 0.6) is 0 Å². The number of nitrogens with zero attached hydrogens (tertiary/aromatic N) is 2. The van der Waals surface area contributed by atoms with E-state index >= 15 is 0 Å². The van der Waals surface area contributed by atoms with Gasteiger partial charge in [0.1, 0.15) is 5.82 Å². The van der Waals surface area contributed by atoms with Crippen molar-refractivity contribution in [3.05, 3.63) is 71.0 Å². The second-order valence-corrected chi connectivity index (χ2v) is 6.68. The molecule has 0 spiro atoms. The topological polar surface area (TPSA) is 83.8 Å². The highest BCUT2D eigenvalue weighted by Gasteiger charge is 2.14. The summed E-state index contributed by atoms with van der Waals surface area (Å²) in [6.07, 6.45) is 0.190. The number of aromatic nitrogens is 3. The lowest BCUT2D eigenvalue weighted by molar-refractivity contribution is -0.120. The predicted molar refractivity (Wildman–Crippen MR) is 103 cm³/mol. The molecule has 0 bridgehead atoms. The molecule has 4 aromatic rings. The number of nitrogens with one attached hydrogen (secondary N) is 2. The summed E-state index contributed by atoms with van der Waals surface area (Å²) < 4.78 is 18.9. The smallest absolute Gasteiger partial charge is 0.224 e. The summed E-state index contributed by atoms with van der Waals surface area (Å²) in [6, 6.07) is 12.5. The highest BCUT2D eigenvalue weighted by Crippen LogP contribution is 2.24. The van der Waals surface area contributed by atoms with Gasteiger partial charge in [0.05, 0.1) is 11.9 Å². The number of hydrogen-bond donors (Lipinski definition) is 2. The second kappa shape index (κ2) is 7.26. The molecule has 0 atom stereocenters. The molecular formula is C21H19FN4O2. The Labute approximate surface area is 160 Å². The van der Waals surface area contributed by atoms with Crippen LogP contribution in [0.15, 0.2) is 47.0 Å². The van der Waals surface area contributed by atoms with E-state index in [0.29, 0.717) is 23.8 Å². The van der Waals surface area contributed by atoms with E-state index < -0.39 is 0 Å². The monoisotopic (exact) mass is 378 g/mol. The minimum Gasteiger partial charge on any atom is -0.356 e. The van der Waals surface area contributed by atoms with Crippen LogP contribution in [0, 0.1) is 19.7 Å². The lowest BCUT2D eigenvalue weighted by Gasteiger charge is -2.06. The number of amides is 1. The molecule has 0 fully saturated rings. The molecule has 6 nitrogen and oxygen atoms in total. The van der Waals surface area contributed by atoms with Crippen molar-refractivity contribution in [2.24, 2.45) is 0 Å². The normalized spacial score (nSPS) is 11.1. The Morgan fingerprint density at radius 2 is 1.96 bits per heavy atom. The number of H-pyrrole nitrogens is 1. The van der Waals surface area contributed by atoms with Gasteiger partial charge in [-0.1, -0.05) is 41.6 Å². The van der Waals surface area contributed by atoms with Gasteiger partial charge in [-0.15, -0.1) is 0 Å². The van der Waals surface area contributed by atoms with Crippen LogP contribution in [-0.2, 0) is 17.8 Å². The van der Waals surface area contributed by atoms with Crippen molar-refractivity contribution in [3.63, 3.8) is 0 Å². The van der Waals surface area contributed by atoms with Gasteiger partial charge in [-0.25, -0.2) is 4.39 Å². The Kier molecular flexibility index (Phi) is 4.65. The molecule has 28 heavy (non-hydrogen) atoms. The number of carbonyl (C=O) groups excluding carboxylic acids is 1. The van der Waals surface area contributed by atoms with Gasteiger partial charge in [0.2, 0.25) is 17.6 Å². The van der Waals surface area contributed by atoms with Crippen LogP contribution in [0.3, 0.4) is 0 Å². The molecule has 2 aromatic carbocycles. The third-order valence-corrected chi connectivity index (χ3v) is 4.67. The molecule has 2 aromatic heterocycles. The summed E-state index contributed by atoms with van der Waals surface area (Å²) in [5.74, 6) is 0.615. The van der Waals surface area contributed by atoms with Crippen LogP contribution in [-0.4, -0.2) is 21.0 Å². The molecule has 7 heteroatoms. The first-order valence-electron chi connectivity index (χ1n) is 8.93. The van der Waals surface area contributed by atoms with Crippen molar-refractivity contribution in [1.29, 1.82) is 0 Å². The summed E-state index contributed by atoms with van der Waals surface area (Å²) in [7, 11) is 0. The number of benzene rings is 2. The molecule has 0 saturated heterocycles. The van der Waals surface area contributed by atoms with Crippen molar-refractivity contribution in [1.82, 2.24) is 20.4 Å². The lowest BCUT2D eigenvalue weighted by Crippen LogP contribution is -2.24. The summed E-state index contributed by atoms with van der Waals surface area (Å²) >= 11 is 0. The van der Waals surface area contributed by atoms with Crippen molar-refractivity contribution in [2.75, 3.05) is 0 Å². The molecular weight excluding hydrogens is 359 g/mol. The molecule has 0 aliphatic carbocycles. The van der Waals surface area contributed by atoms with E-state index in [2.05, 4.69) is 20.4 Å². The fourth-order valence-electron chi connectivity index (χ4n) is 3.21. The second-order valence-electron chi connectivity index (χ2n) is 6.68. The summed E-state index contributed by atoms with van der Waals surface area (Å²) in [4.78, 5) is 19.6. The Hall–Kier alpha value is -3.48. The maximum atomic E-state index is 13.9. The molecule has 0 saturated carbocycles. The SMILES string of the molecule is Cc1nc(-c2ccc(CNC(=O)Cc3c(C)[nH]c4c(F)cccc34)cc2)no1. The van der Waals surface area contributed by atoms with Crippen LogP contribution in [0.4, 0.5) is 4.39 Å². The Bertz CT molecular complexity index is 1150. The first-order valence-corrected chi connectivity index (χ1v) is 8.93. The number of aromatic amines is 1. The zero-order valence-electron chi connectivity index (χ0n) is 15.5. The van der Waals surface area contributed by atoms with Crippen molar-refractivity contribution >= 4 is 16.8 Å². The van der Waals surface area contributed by atoms with E-state index in [0.717, 1.165) is 27.8 Å². The van der Waals surface area contributed by atoms with E-state index in [-0.39, 0.29) is 18.1 Å². The fraction of sp³-hybridized carbons (Fsp3) is 0.190. The van der Waals surface area contributed by atoms with E-state index in [1.165, 1.54) is 6.07 Å². The largest absolute Gasteiger partial charge is 0.356 e. The third kappa shape index (κ3) is 3.51. The number of hydrogen-bond acceptors (Lipinski definition) is 4. The van der Waals surface area contributed by atoms with Gasteiger partial charge in [-0.05, 0) is 24.1 Å². The number of carbonyl (C=O) groups is 1. The van der Waals surface area contributed by atoms with E-state index in [9.17, 15) is 9.18 Å². The number of para-hydroxylation sites is 1. The summed E-state index contributed by atoms with van der Waals surface area (Å²) in [5.41, 5.74) is 3.86. The molecule has 2 heterocycles. The first-order chi connectivity index (χ1) is 13.5. The zero-order valence-corrected chi connectivity index (χ0v) is 15.5. The van der Waals surface area contributed by atoms with Crippen LogP contribution < -0.4 is 5.32 Å². The van der Waals surface area contributed by atoms with E-state index in [4.69, 9.17) is 4.52 Å². The molecule has 0 unspecified atom stereocenters. The number of aryl methyl sites for hydroxylation is 2. The Morgan fingerprint density at radius 3 is 2.68 bits per heavy atom. The van der Waals surface area contributed by atoms with Crippen LogP contribution in [0.25, 0.3) is 22.3 Å². The van der Waals surface area contributed by atoms with Crippen molar-refractivity contribution in [2.45, 2.75) is 26.8 Å². The van der Waals surface area contributed by atoms with Gasteiger partial charge in [0, 0.05) is 30.1 Å². The quantitative estimate of drug-likeness (QED) is 0.553. The van der Waals surface area contributed by atoms with Gasteiger partial charge in [0.25, 0.3) is 0 Å². The number of fused-ring (bicyclic) bond motifs is 1. The van der Waals surface area contributed by atoms with Crippen LogP contribution in [0.1, 0.15) is 22.7 Å². The maximum absolute atomic E-state index is 13.9. The highest BCUT2D eigenvalue weighted by atomic mass is 19.1. The summed E-state index contributed by atoms with van der Waals surface area (Å²) in [6.45, 7) is 3.99. The van der Waals surface area contributed by atoms with E-state index in [1.807, 2.05) is 37.3 Å². The molecule has 0 radical (unpaired) electrons. The van der Waals surface area contributed by atoms with Crippen LogP contribution >= 0.6 is 0 Å². The van der Waals surface area contributed by atoms with Gasteiger partial charge < -0.3 is 14.8 Å². The molecule has 1 amide bonds. The van der Waals surface area contributed by atoms with Crippen molar-refractivity contribution < 1.29 is 13.7 Å². The van der Waals surface area contributed by atoms with Crippen LogP contribution in [0.2, 0.25) is 0 Å². The standard InChI is InChI=1S/C21H19FN4O2/c1-12-17(16-4-3-5-18(22)20(16)24-12)10-19(27)23-11-14-6-8-15(9-7-14)21-25-13(2)28-26-21/h3-9,24H,10-11H2,1-2H3,(H,23,27). The predicted octanol–water partition coefficient (Wildman–Crippen LogP) is 3.83. The first kappa shape index (κ1) is 17.9. The molecule has 2 N–H and O–H groups in total. The molecule has 0 aliphatic rings. The third-order valence-electron chi connectivity index (χ3n) is 4.67. The zero-order chi connectivity index (χ0) is 19.7. The minimum absolute atomic E-state index is 0.119. The average molecular weight is 378 g/mol. The highest BCUT2D eigenvalue weighted by molar-refractivity contribution is 5.90. The van der Waals surface area contributed by atoms with Gasteiger partial charge in [-0.3, -0.25) is 4.79 Å².